The van der Waals surface area contributed by atoms with Crippen LogP contribution in [0, 0.1) is 0 Å². The molecule has 0 aliphatic carbocycles. The number of nitrogens with one attached hydrogen (secondary N) is 2. The Kier molecular flexibility index (Phi) is 7.08. The molecule has 0 fully saturated rings. The fourth-order valence-electron chi connectivity index (χ4n) is 3.51. The van der Waals surface area contributed by atoms with Gasteiger partial charge in [0.15, 0.2) is 0 Å². The van der Waals surface area contributed by atoms with Crippen molar-refractivity contribution in [2.75, 3.05) is 27.3 Å². The summed E-state index contributed by atoms with van der Waals surface area (Å²) in [4.78, 5) is 27.3. The first-order valence-corrected chi connectivity index (χ1v) is 9.84. The lowest BCUT2D eigenvalue weighted by atomic mass is 9.94. The third-order valence-electron chi connectivity index (χ3n) is 5.06. The maximum Gasteiger partial charge on any atom is 0.338 e. The Hall–Kier alpha value is -3.32. The molecule has 0 spiro atoms. The van der Waals surface area contributed by atoms with Crippen LogP contribution in [0.1, 0.15) is 24.1 Å². The van der Waals surface area contributed by atoms with Crippen LogP contribution in [0.15, 0.2) is 65.9 Å². The van der Waals surface area contributed by atoms with E-state index in [0.717, 1.165) is 17.7 Å². The maximum absolute atomic E-state index is 12.7. The molecule has 0 radical (unpaired) electrons. The van der Waals surface area contributed by atoms with E-state index in [4.69, 9.17) is 9.47 Å². The molecule has 1 aliphatic heterocycles. The van der Waals surface area contributed by atoms with E-state index in [9.17, 15) is 9.59 Å². The van der Waals surface area contributed by atoms with Crippen LogP contribution in [0.5, 0.6) is 5.75 Å². The smallest absolute Gasteiger partial charge is 0.338 e. The van der Waals surface area contributed by atoms with E-state index in [0.29, 0.717) is 30.1 Å². The van der Waals surface area contributed by atoms with E-state index < -0.39 is 12.0 Å². The van der Waals surface area contributed by atoms with E-state index in [1.54, 1.807) is 13.2 Å². The largest absolute Gasteiger partial charge is 0.497 e. The highest BCUT2D eigenvalue weighted by atomic mass is 16.5. The molecular formula is C23H27N3O4. The Labute approximate surface area is 176 Å². The normalized spacial score (nSPS) is 16.1. The number of rotatable bonds is 8. The van der Waals surface area contributed by atoms with Gasteiger partial charge in [-0.3, -0.25) is 4.90 Å². The predicted molar refractivity (Wildman–Crippen MR) is 114 cm³/mol. The van der Waals surface area contributed by atoms with Crippen molar-refractivity contribution >= 4 is 12.0 Å². The second-order valence-electron chi connectivity index (χ2n) is 6.98. The Morgan fingerprint density at radius 2 is 1.83 bits per heavy atom. The summed E-state index contributed by atoms with van der Waals surface area (Å²) in [6.07, 6.45) is 0. The highest BCUT2D eigenvalue weighted by Gasteiger charge is 2.34. The number of hydrogen-bond donors (Lipinski definition) is 2. The molecule has 0 saturated heterocycles. The molecule has 158 valence electrons. The van der Waals surface area contributed by atoms with Crippen LogP contribution in [0.3, 0.4) is 0 Å². The van der Waals surface area contributed by atoms with Crippen molar-refractivity contribution < 1.29 is 19.1 Å². The summed E-state index contributed by atoms with van der Waals surface area (Å²) in [6.45, 7) is 3.90. The minimum absolute atomic E-state index is 0.360. The third kappa shape index (κ3) is 4.99. The number of amides is 2. The topological polar surface area (TPSA) is 79.9 Å². The fraction of sp³-hybridized carbons (Fsp3) is 0.304. The molecule has 1 atom stereocenters. The summed E-state index contributed by atoms with van der Waals surface area (Å²) in [5.74, 6) is 0.159. The van der Waals surface area contributed by atoms with Crippen LogP contribution in [-0.4, -0.2) is 44.2 Å². The Morgan fingerprint density at radius 3 is 2.50 bits per heavy atom. The molecule has 2 amide bonds. The molecule has 0 saturated carbocycles. The van der Waals surface area contributed by atoms with Crippen molar-refractivity contribution in [1.82, 2.24) is 15.5 Å². The Morgan fingerprint density at radius 1 is 1.07 bits per heavy atom. The van der Waals surface area contributed by atoms with Gasteiger partial charge >= 0.3 is 12.0 Å². The molecule has 0 aromatic heterocycles. The lowest BCUT2D eigenvalue weighted by Gasteiger charge is -2.32. The highest BCUT2D eigenvalue weighted by molar-refractivity contribution is 5.95. The lowest BCUT2D eigenvalue weighted by Crippen LogP contribution is -2.48. The van der Waals surface area contributed by atoms with Gasteiger partial charge in [0.05, 0.1) is 25.8 Å². The molecule has 30 heavy (non-hydrogen) atoms. The third-order valence-corrected chi connectivity index (χ3v) is 5.06. The highest BCUT2D eigenvalue weighted by Crippen LogP contribution is 2.30. The van der Waals surface area contributed by atoms with Gasteiger partial charge in [0.1, 0.15) is 5.75 Å². The summed E-state index contributed by atoms with van der Waals surface area (Å²) >= 11 is 0. The van der Waals surface area contributed by atoms with Crippen LogP contribution < -0.4 is 15.4 Å². The van der Waals surface area contributed by atoms with Crippen molar-refractivity contribution in [2.24, 2.45) is 0 Å². The lowest BCUT2D eigenvalue weighted by molar-refractivity contribution is -0.136. The number of hydrogen-bond acceptors (Lipinski definition) is 5. The molecule has 7 nitrogen and oxygen atoms in total. The van der Waals surface area contributed by atoms with Gasteiger partial charge in [0.2, 0.25) is 0 Å². The van der Waals surface area contributed by atoms with E-state index in [1.807, 2.05) is 43.3 Å². The first-order valence-electron chi connectivity index (χ1n) is 9.84. The van der Waals surface area contributed by atoms with Crippen molar-refractivity contribution in [1.29, 1.82) is 0 Å². The van der Waals surface area contributed by atoms with Gasteiger partial charge < -0.3 is 20.1 Å². The van der Waals surface area contributed by atoms with Crippen molar-refractivity contribution in [3.8, 4) is 5.75 Å². The van der Waals surface area contributed by atoms with E-state index >= 15 is 0 Å². The summed E-state index contributed by atoms with van der Waals surface area (Å²) in [6, 6.07) is 16.4. The number of esters is 1. The quantitative estimate of drug-likeness (QED) is 0.655. The maximum atomic E-state index is 12.7. The standard InChI is InChI=1S/C23H27N3O4/c1-4-26(14-16-9-6-5-7-10-16)15-19-20(22(27)30-3)21(25-23(28)24-19)17-11-8-12-18(13-17)29-2/h5-13,21H,4,14-15H2,1-3H3,(H2,24,25,28). The average molecular weight is 409 g/mol. The number of carbonyl (C=O) groups excluding carboxylic acids is 2. The molecule has 2 N–H and O–H groups in total. The van der Waals surface area contributed by atoms with Crippen molar-refractivity contribution in [3.63, 3.8) is 0 Å². The minimum Gasteiger partial charge on any atom is -0.497 e. The number of likely N-dealkylation sites (N-methyl/N-ethyl adjacent to an activating group) is 1. The van der Waals surface area contributed by atoms with Crippen LogP contribution in [0.25, 0.3) is 0 Å². The van der Waals surface area contributed by atoms with Gasteiger partial charge in [-0.1, -0.05) is 49.4 Å². The molecule has 1 aliphatic rings. The molecule has 7 heteroatoms. The summed E-state index contributed by atoms with van der Waals surface area (Å²) in [5.41, 5.74) is 2.82. The summed E-state index contributed by atoms with van der Waals surface area (Å²) in [7, 11) is 2.92. The van der Waals surface area contributed by atoms with Crippen molar-refractivity contribution in [2.45, 2.75) is 19.5 Å². The predicted octanol–water partition coefficient (Wildman–Crippen LogP) is 3.00. The first kappa shape index (κ1) is 21.4. The SMILES string of the molecule is CCN(CC1=C(C(=O)OC)C(c2cccc(OC)c2)NC(=O)N1)Cc1ccccc1. The van der Waals surface area contributed by atoms with Gasteiger partial charge in [-0.2, -0.15) is 0 Å². The fourth-order valence-corrected chi connectivity index (χ4v) is 3.51. The second kappa shape index (κ2) is 9.93. The number of benzene rings is 2. The van der Waals surface area contributed by atoms with Crippen LogP contribution in [0.4, 0.5) is 4.79 Å². The molecule has 1 unspecified atom stereocenters. The number of methoxy groups -OCH3 is 2. The molecule has 3 rings (SSSR count). The Bertz CT molecular complexity index is 927. The van der Waals surface area contributed by atoms with Gasteiger partial charge in [-0.05, 0) is 29.8 Å². The number of ether oxygens (including phenoxy) is 2. The zero-order valence-corrected chi connectivity index (χ0v) is 17.5. The zero-order chi connectivity index (χ0) is 21.5. The first-order chi connectivity index (χ1) is 14.5. The van der Waals surface area contributed by atoms with E-state index in [-0.39, 0.29) is 6.03 Å². The monoisotopic (exact) mass is 409 g/mol. The zero-order valence-electron chi connectivity index (χ0n) is 17.5. The van der Waals surface area contributed by atoms with Crippen LogP contribution in [0.2, 0.25) is 0 Å². The average Bonchev–Trinajstić information content (AvgIpc) is 2.78. The Balaban J connectivity index is 1.97. The second-order valence-corrected chi connectivity index (χ2v) is 6.98. The van der Waals surface area contributed by atoms with Gasteiger partial charge in [-0.25, -0.2) is 9.59 Å². The molecule has 0 bridgehead atoms. The van der Waals surface area contributed by atoms with E-state index in [1.165, 1.54) is 7.11 Å². The van der Waals surface area contributed by atoms with Crippen molar-refractivity contribution in [3.05, 3.63) is 77.0 Å². The number of carbonyl (C=O) groups is 2. The summed E-state index contributed by atoms with van der Waals surface area (Å²) < 4.78 is 10.4. The van der Waals surface area contributed by atoms with Gasteiger partial charge in [0, 0.05) is 18.8 Å². The number of urea groups is 1. The van der Waals surface area contributed by atoms with E-state index in [2.05, 4.69) is 27.7 Å². The molecule has 2 aromatic rings. The van der Waals surface area contributed by atoms with Crippen LogP contribution >= 0.6 is 0 Å². The summed E-state index contributed by atoms with van der Waals surface area (Å²) in [5, 5.41) is 5.65. The van der Waals surface area contributed by atoms with Crippen LogP contribution in [-0.2, 0) is 16.1 Å². The molecular weight excluding hydrogens is 382 g/mol. The molecule has 2 aromatic carbocycles. The van der Waals surface area contributed by atoms with Gasteiger partial charge in [-0.15, -0.1) is 0 Å². The molecule has 1 heterocycles. The van der Waals surface area contributed by atoms with Gasteiger partial charge in [0.25, 0.3) is 0 Å². The number of nitrogens with zero attached hydrogens (tertiary/aromatic N) is 1. The minimum atomic E-state index is -0.633.